The third-order valence-corrected chi connectivity index (χ3v) is 4.02. The van der Waals surface area contributed by atoms with Crippen molar-refractivity contribution in [1.82, 2.24) is 4.90 Å². The number of amides is 1. The summed E-state index contributed by atoms with van der Waals surface area (Å²) in [5.74, 6) is -0.482. The van der Waals surface area contributed by atoms with Crippen LogP contribution >= 0.6 is 15.9 Å². The molecular weight excluding hydrogens is 334 g/mol. The summed E-state index contributed by atoms with van der Waals surface area (Å²) in [5.41, 5.74) is 0.935. The maximum Gasteiger partial charge on any atom is 0.328 e. The number of piperidine rings is 1. The minimum absolute atomic E-state index is 0.148. The molecule has 0 radical (unpaired) electrons. The second kappa shape index (κ2) is 7.41. The molecular formula is C16H18BrNO3. The van der Waals surface area contributed by atoms with Crippen molar-refractivity contribution in [2.45, 2.75) is 25.3 Å². The second-order valence-electron chi connectivity index (χ2n) is 4.95. The summed E-state index contributed by atoms with van der Waals surface area (Å²) in [6.07, 6.45) is 5.81. The van der Waals surface area contributed by atoms with E-state index in [1.54, 1.807) is 11.0 Å². The summed E-state index contributed by atoms with van der Waals surface area (Å²) >= 11 is 3.39. The quantitative estimate of drug-likeness (QED) is 0.621. The van der Waals surface area contributed by atoms with Gasteiger partial charge in [0.25, 0.3) is 0 Å². The van der Waals surface area contributed by atoms with Crippen molar-refractivity contribution >= 4 is 33.9 Å². The largest absolute Gasteiger partial charge is 0.467 e. The Morgan fingerprint density at radius 1 is 1.38 bits per heavy atom. The SMILES string of the molecule is COC(=O)[C@H]1CCCCN1C(=O)/C=C/c1cccc(Br)c1. The third-order valence-electron chi connectivity index (χ3n) is 3.53. The van der Waals surface area contributed by atoms with Gasteiger partial charge in [-0.15, -0.1) is 0 Å². The molecule has 0 spiro atoms. The first kappa shape index (κ1) is 15.8. The van der Waals surface area contributed by atoms with E-state index in [0.717, 1.165) is 22.9 Å². The van der Waals surface area contributed by atoms with Crippen LogP contribution in [0.2, 0.25) is 0 Å². The highest BCUT2D eigenvalue weighted by atomic mass is 79.9. The van der Waals surface area contributed by atoms with Gasteiger partial charge in [-0.1, -0.05) is 28.1 Å². The number of hydrogen-bond acceptors (Lipinski definition) is 3. The number of methoxy groups -OCH3 is 1. The van der Waals surface area contributed by atoms with Gasteiger partial charge in [0.15, 0.2) is 0 Å². The van der Waals surface area contributed by atoms with Crippen molar-refractivity contribution in [2.24, 2.45) is 0 Å². The van der Waals surface area contributed by atoms with Gasteiger partial charge in [-0.05, 0) is 43.0 Å². The fourth-order valence-electron chi connectivity index (χ4n) is 2.45. The zero-order chi connectivity index (χ0) is 15.2. The predicted octanol–water partition coefficient (Wildman–Crippen LogP) is 3.02. The highest BCUT2D eigenvalue weighted by molar-refractivity contribution is 9.10. The molecule has 1 fully saturated rings. The number of rotatable bonds is 3. The van der Waals surface area contributed by atoms with E-state index in [2.05, 4.69) is 15.9 Å². The van der Waals surface area contributed by atoms with Crippen LogP contribution in [0.5, 0.6) is 0 Å². The number of carbonyl (C=O) groups excluding carboxylic acids is 2. The van der Waals surface area contributed by atoms with Crippen LogP contribution in [0.1, 0.15) is 24.8 Å². The molecule has 0 unspecified atom stereocenters. The summed E-state index contributed by atoms with van der Waals surface area (Å²) < 4.78 is 5.75. The monoisotopic (exact) mass is 351 g/mol. The maximum absolute atomic E-state index is 12.3. The smallest absolute Gasteiger partial charge is 0.328 e. The van der Waals surface area contributed by atoms with Crippen molar-refractivity contribution in [3.63, 3.8) is 0 Å². The van der Waals surface area contributed by atoms with Crippen molar-refractivity contribution in [1.29, 1.82) is 0 Å². The molecule has 5 heteroatoms. The van der Waals surface area contributed by atoms with Gasteiger partial charge in [0.05, 0.1) is 7.11 Å². The Kier molecular flexibility index (Phi) is 5.56. The zero-order valence-electron chi connectivity index (χ0n) is 11.9. The first-order valence-electron chi connectivity index (χ1n) is 6.94. The van der Waals surface area contributed by atoms with Gasteiger partial charge >= 0.3 is 5.97 Å². The summed E-state index contributed by atoms with van der Waals surface area (Å²) in [6, 6.07) is 7.23. The van der Waals surface area contributed by atoms with Gasteiger partial charge in [-0.25, -0.2) is 4.79 Å². The number of benzene rings is 1. The van der Waals surface area contributed by atoms with Gasteiger partial charge in [0.1, 0.15) is 6.04 Å². The number of hydrogen-bond donors (Lipinski definition) is 0. The molecule has 0 aliphatic carbocycles. The number of likely N-dealkylation sites (tertiary alicyclic amines) is 1. The second-order valence-corrected chi connectivity index (χ2v) is 5.87. The number of esters is 1. The number of carbonyl (C=O) groups is 2. The van der Waals surface area contributed by atoms with E-state index in [-0.39, 0.29) is 11.9 Å². The van der Waals surface area contributed by atoms with Crippen LogP contribution in [0.4, 0.5) is 0 Å². The van der Waals surface area contributed by atoms with Crippen LogP contribution in [0, 0.1) is 0 Å². The van der Waals surface area contributed by atoms with Gasteiger partial charge in [-0.3, -0.25) is 4.79 Å². The van der Waals surface area contributed by atoms with E-state index < -0.39 is 6.04 Å². The molecule has 1 saturated heterocycles. The molecule has 4 nitrogen and oxygen atoms in total. The third kappa shape index (κ3) is 4.17. The Labute approximate surface area is 132 Å². The Bertz CT molecular complexity index is 556. The average molecular weight is 352 g/mol. The van der Waals surface area contributed by atoms with Crippen LogP contribution in [-0.2, 0) is 14.3 Å². The fraction of sp³-hybridized carbons (Fsp3) is 0.375. The van der Waals surface area contributed by atoms with Gasteiger partial charge in [0.2, 0.25) is 5.91 Å². The molecule has 1 aliphatic heterocycles. The lowest BCUT2D eigenvalue weighted by molar-refractivity contribution is -0.153. The molecule has 2 rings (SSSR count). The van der Waals surface area contributed by atoms with Crippen LogP contribution in [-0.4, -0.2) is 36.5 Å². The molecule has 1 aromatic rings. The molecule has 21 heavy (non-hydrogen) atoms. The van der Waals surface area contributed by atoms with Crippen molar-refractivity contribution in [2.75, 3.05) is 13.7 Å². The van der Waals surface area contributed by atoms with Gasteiger partial charge in [-0.2, -0.15) is 0 Å². The Balaban J connectivity index is 2.08. The molecule has 1 amide bonds. The normalized spacial score (nSPS) is 18.8. The van der Waals surface area contributed by atoms with Crippen LogP contribution in [0.25, 0.3) is 6.08 Å². The lowest BCUT2D eigenvalue weighted by Gasteiger charge is -2.32. The van der Waals surface area contributed by atoms with Gasteiger partial charge in [0, 0.05) is 17.1 Å². The zero-order valence-corrected chi connectivity index (χ0v) is 13.5. The van der Waals surface area contributed by atoms with Crippen LogP contribution in [0.15, 0.2) is 34.8 Å². The van der Waals surface area contributed by atoms with E-state index in [4.69, 9.17) is 4.74 Å². The minimum Gasteiger partial charge on any atom is -0.467 e. The van der Waals surface area contributed by atoms with E-state index in [0.29, 0.717) is 13.0 Å². The fourth-order valence-corrected chi connectivity index (χ4v) is 2.87. The lowest BCUT2D eigenvalue weighted by atomic mass is 10.0. The standard InChI is InChI=1S/C16H18BrNO3/c1-21-16(20)14-7-2-3-10-18(14)15(19)9-8-12-5-4-6-13(17)11-12/h4-6,8-9,11,14H,2-3,7,10H2,1H3/b9-8+/t14-/m1/s1. The summed E-state index contributed by atoms with van der Waals surface area (Å²) in [6.45, 7) is 0.599. The summed E-state index contributed by atoms with van der Waals surface area (Å²) in [4.78, 5) is 25.7. The Morgan fingerprint density at radius 2 is 2.19 bits per heavy atom. The van der Waals surface area contributed by atoms with E-state index in [1.165, 1.54) is 13.2 Å². The van der Waals surface area contributed by atoms with Crippen LogP contribution < -0.4 is 0 Å². The Hall–Kier alpha value is -1.62. The highest BCUT2D eigenvalue weighted by Crippen LogP contribution is 2.19. The molecule has 112 valence electrons. The average Bonchev–Trinajstić information content (AvgIpc) is 2.52. The molecule has 1 aliphatic rings. The molecule has 0 N–H and O–H groups in total. The van der Waals surface area contributed by atoms with Crippen molar-refractivity contribution in [3.8, 4) is 0 Å². The van der Waals surface area contributed by atoms with Crippen molar-refractivity contribution in [3.05, 3.63) is 40.4 Å². The predicted molar refractivity (Wildman–Crippen MR) is 84.5 cm³/mol. The molecule has 0 bridgehead atoms. The molecule has 0 aromatic heterocycles. The van der Waals surface area contributed by atoms with E-state index in [1.807, 2.05) is 24.3 Å². The topological polar surface area (TPSA) is 46.6 Å². The first-order chi connectivity index (χ1) is 10.1. The van der Waals surface area contributed by atoms with Crippen LogP contribution in [0.3, 0.4) is 0 Å². The number of nitrogens with zero attached hydrogens (tertiary/aromatic N) is 1. The van der Waals surface area contributed by atoms with Gasteiger partial charge < -0.3 is 9.64 Å². The first-order valence-corrected chi connectivity index (χ1v) is 7.73. The molecule has 0 saturated carbocycles. The lowest BCUT2D eigenvalue weighted by Crippen LogP contribution is -2.47. The molecule has 1 aromatic carbocycles. The number of halogens is 1. The summed E-state index contributed by atoms with van der Waals surface area (Å²) in [5, 5.41) is 0. The summed E-state index contributed by atoms with van der Waals surface area (Å²) in [7, 11) is 1.36. The highest BCUT2D eigenvalue weighted by Gasteiger charge is 2.31. The van der Waals surface area contributed by atoms with Crippen molar-refractivity contribution < 1.29 is 14.3 Å². The Morgan fingerprint density at radius 3 is 2.90 bits per heavy atom. The molecule has 1 heterocycles. The molecule has 1 atom stereocenters. The van der Waals surface area contributed by atoms with E-state index in [9.17, 15) is 9.59 Å². The number of ether oxygens (including phenoxy) is 1. The van der Waals surface area contributed by atoms with E-state index >= 15 is 0 Å². The maximum atomic E-state index is 12.3. The minimum atomic E-state index is -0.455.